The monoisotopic (exact) mass is 315 g/mol. The molecule has 1 aromatic carbocycles. The fraction of sp³-hybridized carbons (Fsp3) is 0.556. The van der Waals surface area contributed by atoms with Crippen molar-refractivity contribution in [1.29, 1.82) is 0 Å². The molecule has 1 atom stereocenters. The Morgan fingerprint density at radius 2 is 1.96 bits per heavy atom. The van der Waals surface area contributed by atoms with Gasteiger partial charge in [-0.2, -0.15) is 0 Å². The zero-order valence-electron chi connectivity index (χ0n) is 13.9. The minimum atomic E-state index is -0.130. The van der Waals surface area contributed by atoms with E-state index in [0.29, 0.717) is 19.5 Å². The molecule has 5 nitrogen and oxygen atoms in total. The number of hydrogen-bond donors (Lipinski definition) is 2. The van der Waals surface area contributed by atoms with Crippen LogP contribution in [-0.2, 0) is 17.6 Å². The van der Waals surface area contributed by atoms with E-state index in [9.17, 15) is 9.59 Å². The average molecular weight is 315 g/mol. The lowest BCUT2D eigenvalue weighted by molar-refractivity contribution is -0.132. The molecule has 1 saturated heterocycles. The maximum absolute atomic E-state index is 12.1. The Kier molecular flexibility index (Phi) is 4.28. The van der Waals surface area contributed by atoms with Crippen molar-refractivity contribution in [3.8, 4) is 0 Å². The van der Waals surface area contributed by atoms with Gasteiger partial charge in [-0.1, -0.05) is 31.2 Å². The van der Waals surface area contributed by atoms with Gasteiger partial charge in [-0.05, 0) is 35.8 Å². The van der Waals surface area contributed by atoms with Crippen molar-refractivity contribution in [2.24, 2.45) is 5.41 Å². The van der Waals surface area contributed by atoms with Crippen LogP contribution in [0.25, 0.3) is 0 Å². The highest BCUT2D eigenvalue weighted by atomic mass is 16.2. The zero-order chi connectivity index (χ0) is 16.4. The van der Waals surface area contributed by atoms with E-state index in [1.165, 1.54) is 11.1 Å². The lowest BCUT2D eigenvalue weighted by Gasteiger charge is -2.31. The van der Waals surface area contributed by atoms with Crippen molar-refractivity contribution in [3.63, 3.8) is 0 Å². The quantitative estimate of drug-likeness (QED) is 0.892. The van der Waals surface area contributed by atoms with E-state index in [1.807, 2.05) is 0 Å². The molecule has 23 heavy (non-hydrogen) atoms. The summed E-state index contributed by atoms with van der Waals surface area (Å²) in [5.41, 5.74) is 2.87. The van der Waals surface area contributed by atoms with Gasteiger partial charge in [0.05, 0.1) is 0 Å². The van der Waals surface area contributed by atoms with Crippen molar-refractivity contribution >= 4 is 11.9 Å². The minimum Gasteiger partial charge on any atom is -0.344 e. The Balaban J connectivity index is 1.47. The van der Waals surface area contributed by atoms with E-state index in [2.05, 4.69) is 41.8 Å². The Morgan fingerprint density at radius 3 is 2.57 bits per heavy atom. The molecule has 3 rings (SSSR count). The summed E-state index contributed by atoms with van der Waals surface area (Å²) < 4.78 is 0. The second-order valence-electron chi connectivity index (χ2n) is 7.27. The minimum absolute atomic E-state index is 0.0475. The lowest BCUT2D eigenvalue weighted by atomic mass is 9.87. The fourth-order valence-corrected chi connectivity index (χ4v) is 3.67. The molecule has 2 N–H and O–H groups in total. The van der Waals surface area contributed by atoms with E-state index in [-0.39, 0.29) is 23.4 Å². The highest BCUT2D eigenvalue weighted by Crippen LogP contribution is 2.35. The first-order chi connectivity index (χ1) is 11.0. The van der Waals surface area contributed by atoms with E-state index >= 15 is 0 Å². The van der Waals surface area contributed by atoms with Crippen LogP contribution in [-0.4, -0.2) is 43.0 Å². The molecule has 0 saturated carbocycles. The van der Waals surface area contributed by atoms with Gasteiger partial charge in [0.25, 0.3) is 0 Å². The SMILES string of the molecule is CN1C[C@H](NC(=O)NCC2(C)Cc3ccccc3C2)CCC1=O. The summed E-state index contributed by atoms with van der Waals surface area (Å²) >= 11 is 0. The number of urea groups is 1. The number of carbonyl (C=O) groups excluding carboxylic acids is 2. The summed E-state index contributed by atoms with van der Waals surface area (Å²) in [5, 5.41) is 6.01. The van der Waals surface area contributed by atoms with Crippen molar-refractivity contribution in [1.82, 2.24) is 15.5 Å². The number of likely N-dealkylation sites (tertiary alicyclic amines) is 1. The molecule has 1 aliphatic heterocycles. The first kappa shape index (κ1) is 15.8. The highest BCUT2D eigenvalue weighted by molar-refractivity contribution is 5.78. The van der Waals surface area contributed by atoms with Crippen LogP contribution >= 0.6 is 0 Å². The molecule has 3 amide bonds. The number of fused-ring (bicyclic) bond motifs is 1. The third-order valence-corrected chi connectivity index (χ3v) is 4.99. The molecular formula is C18H25N3O2. The van der Waals surface area contributed by atoms with Crippen LogP contribution in [0.5, 0.6) is 0 Å². The number of amides is 3. The van der Waals surface area contributed by atoms with Crippen molar-refractivity contribution < 1.29 is 9.59 Å². The maximum atomic E-state index is 12.1. The Hall–Kier alpha value is -2.04. The smallest absolute Gasteiger partial charge is 0.315 e. The molecule has 124 valence electrons. The number of hydrogen-bond acceptors (Lipinski definition) is 2. The molecule has 1 heterocycles. The highest BCUT2D eigenvalue weighted by Gasteiger charge is 2.33. The van der Waals surface area contributed by atoms with Gasteiger partial charge in [0.1, 0.15) is 0 Å². The third-order valence-electron chi connectivity index (χ3n) is 4.99. The Bertz CT molecular complexity index is 589. The second-order valence-corrected chi connectivity index (χ2v) is 7.27. The maximum Gasteiger partial charge on any atom is 0.315 e. The fourth-order valence-electron chi connectivity index (χ4n) is 3.67. The first-order valence-electron chi connectivity index (χ1n) is 8.30. The van der Waals surface area contributed by atoms with E-state index in [4.69, 9.17) is 0 Å². The number of nitrogens with zero attached hydrogens (tertiary/aromatic N) is 1. The number of nitrogens with one attached hydrogen (secondary N) is 2. The van der Waals surface area contributed by atoms with Crippen LogP contribution in [0, 0.1) is 5.41 Å². The lowest BCUT2D eigenvalue weighted by Crippen LogP contribution is -2.52. The third kappa shape index (κ3) is 3.66. The van der Waals surface area contributed by atoms with Crippen molar-refractivity contribution in [2.45, 2.75) is 38.6 Å². The number of carbonyl (C=O) groups is 2. The van der Waals surface area contributed by atoms with Gasteiger partial charge in [-0.3, -0.25) is 4.79 Å². The number of piperidine rings is 1. The molecule has 0 unspecified atom stereocenters. The molecule has 1 aromatic rings. The van der Waals surface area contributed by atoms with Crippen molar-refractivity contribution in [3.05, 3.63) is 35.4 Å². The van der Waals surface area contributed by atoms with Gasteiger partial charge in [-0.15, -0.1) is 0 Å². The number of rotatable bonds is 3. The van der Waals surface area contributed by atoms with Crippen molar-refractivity contribution in [2.75, 3.05) is 20.1 Å². The van der Waals surface area contributed by atoms with Crippen LogP contribution in [0.3, 0.4) is 0 Å². The standard InChI is InChI=1S/C18H25N3O2/c1-18(9-13-5-3-4-6-14(13)10-18)12-19-17(23)20-15-7-8-16(22)21(2)11-15/h3-6,15H,7-12H2,1-2H3,(H2,19,20,23)/t15-/m1/s1. The first-order valence-corrected chi connectivity index (χ1v) is 8.30. The van der Waals surface area contributed by atoms with Crippen LogP contribution in [0.1, 0.15) is 30.9 Å². The number of likely N-dealkylation sites (N-methyl/N-ethyl adjacent to an activating group) is 1. The van der Waals surface area contributed by atoms with Gasteiger partial charge in [-0.25, -0.2) is 4.79 Å². The molecule has 0 aromatic heterocycles. The topological polar surface area (TPSA) is 61.4 Å². The van der Waals surface area contributed by atoms with Crippen LogP contribution in [0.4, 0.5) is 4.79 Å². The zero-order valence-corrected chi connectivity index (χ0v) is 13.9. The summed E-state index contributed by atoms with van der Waals surface area (Å²) in [5.74, 6) is 0.152. The summed E-state index contributed by atoms with van der Waals surface area (Å²) in [6.07, 6.45) is 3.24. The molecule has 1 fully saturated rings. The summed E-state index contributed by atoms with van der Waals surface area (Å²) in [6, 6.07) is 8.42. The normalized spacial score (nSPS) is 22.6. The van der Waals surface area contributed by atoms with Crippen LogP contribution in [0.15, 0.2) is 24.3 Å². The van der Waals surface area contributed by atoms with Gasteiger partial charge in [0.2, 0.25) is 5.91 Å². The average Bonchev–Trinajstić information content (AvgIpc) is 2.86. The van der Waals surface area contributed by atoms with Gasteiger partial charge < -0.3 is 15.5 Å². The molecule has 0 bridgehead atoms. The molecule has 2 aliphatic rings. The van der Waals surface area contributed by atoms with Crippen LogP contribution < -0.4 is 10.6 Å². The van der Waals surface area contributed by atoms with Gasteiger partial charge in [0, 0.05) is 32.6 Å². The summed E-state index contributed by atoms with van der Waals surface area (Å²) in [4.78, 5) is 25.3. The van der Waals surface area contributed by atoms with Gasteiger partial charge >= 0.3 is 6.03 Å². The van der Waals surface area contributed by atoms with E-state index < -0.39 is 0 Å². The molecule has 1 aliphatic carbocycles. The Morgan fingerprint density at radius 1 is 1.30 bits per heavy atom. The van der Waals surface area contributed by atoms with Crippen LogP contribution in [0.2, 0.25) is 0 Å². The van der Waals surface area contributed by atoms with Gasteiger partial charge in [0.15, 0.2) is 0 Å². The predicted molar refractivity (Wildman–Crippen MR) is 89.2 cm³/mol. The van der Waals surface area contributed by atoms with E-state index in [0.717, 1.165) is 19.3 Å². The van der Waals surface area contributed by atoms with E-state index in [1.54, 1.807) is 11.9 Å². The number of benzene rings is 1. The summed E-state index contributed by atoms with van der Waals surface area (Å²) in [7, 11) is 1.78. The predicted octanol–water partition coefficient (Wildman–Crippen LogP) is 1.71. The molecule has 0 spiro atoms. The Labute approximate surface area is 137 Å². The second kappa shape index (κ2) is 6.22. The molecular weight excluding hydrogens is 290 g/mol. The summed E-state index contributed by atoms with van der Waals surface area (Å²) in [6.45, 7) is 3.48. The largest absolute Gasteiger partial charge is 0.344 e. The molecule has 0 radical (unpaired) electrons. The molecule has 5 heteroatoms.